The number of unbranched alkanes of at least 4 members (excludes halogenated alkanes) is 1. The highest BCUT2D eigenvalue weighted by atomic mass is 35.5. The van der Waals surface area contributed by atoms with Crippen LogP contribution in [0.1, 0.15) is 25.3 Å². The number of aromatic nitrogens is 2. The van der Waals surface area contributed by atoms with E-state index in [2.05, 4.69) is 73.4 Å². The molecule has 12 heteroatoms. The van der Waals surface area contributed by atoms with Crippen molar-refractivity contribution in [2.24, 2.45) is 0 Å². The second kappa shape index (κ2) is 14.9. The lowest BCUT2D eigenvalue weighted by Gasteiger charge is -2.37. The molecule has 10 nitrogen and oxygen atoms in total. The monoisotopic (exact) mass is 691 g/mol. The molecule has 48 heavy (non-hydrogen) atoms. The zero-order valence-electron chi connectivity index (χ0n) is 27.3. The summed E-state index contributed by atoms with van der Waals surface area (Å²) >= 11 is 12.8. The topological polar surface area (TPSA) is 70.5 Å². The van der Waals surface area contributed by atoms with Crippen molar-refractivity contribution in [3.05, 3.63) is 101 Å². The number of nitrogens with zero attached hydrogens (tertiary/aromatic N) is 6. The van der Waals surface area contributed by atoms with Crippen molar-refractivity contribution in [1.29, 1.82) is 0 Å². The minimum atomic E-state index is -1.08. The number of hydrogen-bond donors (Lipinski definition) is 1. The fraction of sp³-hybridized carbons (Fsp3) is 0.417. The first kappa shape index (κ1) is 33.0. The molecule has 0 spiro atoms. The maximum absolute atomic E-state index is 6.61. The van der Waals surface area contributed by atoms with Crippen molar-refractivity contribution in [2.75, 3.05) is 74.0 Å². The van der Waals surface area contributed by atoms with Gasteiger partial charge in [-0.1, -0.05) is 42.6 Å². The Kier molecular flexibility index (Phi) is 10.3. The molecule has 1 N–H and O–H groups in total. The zero-order chi connectivity index (χ0) is 32.9. The summed E-state index contributed by atoms with van der Waals surface area (Å²) in [5, 5.41) is 3.35. The number of rotatable bonds is 12. The first-order valence-corrected chi connectivity index (χ1v) is 17.5. The second-order valence-corrected chi connectivity index (χ2v) is 13.4. The average Bonchev–Trinajstić information content (AvgIpc) is 3.90. The largest absolute Gasteiger partial charge is 0.491 e. The molecule has 2 atom stereocenters. The van der Waals surface area contributed by atoms with Gasteiger partial charge < -0.3 is 33.5 Å². The van der Waals surface area contributed by atoms with Gasteiger partial charge in [0.2, 0.25) is 5.79 Å². The molecule has 3 fully saturated rings. The number of benzene rings is 3. The minimum Gasteiger partial charge on any atom is -0.491 e. The fourth-order valence-corrected chi connectivity index (χ4v) is 7.13. The predicted molar refractivity (Wildman–Crippen MR) is 191 cm³/mol. The summed E-state index contributed by atoms with van der Waals surface area (Å²) in [6, 6.07) is 22.7. The normalized spacial score (nSPS) is 21.7. The van der Waals surface area contributed by atoms with Crippen LogP contribution < -0.4 is 24.9 Å². The van der Waals surface area contributed by atoms with E-state index < -0.39 is 5.79 Å². The molecule has 4 aromatic rings. The summed E-state index contributed by atoms with van der Waals surface area (Å²) in [6.45, 7) is 10.1. The van der Waals surface area contributed by atoms with Gasteiger partial charge in [0.25, 0.3) is 0 Å². The van der Waals surface area contributed by atoms with Gasteiger partial charge in [0.1, 0.15) is 18.5 Å². The Bertz CT molecular complexity index is 1620. The van der Waals surface area contributed by atoms with E-state index in [4.69, 9.17) is 37.4 Å². The van der Waals surface area contributed by atoms with Crippen LogP contribution in [-0.4, -0.2) is 79.9 Å². The number of halogens is 2. The van der Waals surface area contributed by atoms with Crippen LogP contribution in [0.2, 0.25) is 10.0 Å². The number of ether oxygens (including phenoxy) is 3. The second-order valence-electron chi connectivity index (χ2n) is 12.6. The molecular weight excluding hydrogens is 649 g/mol. The third-order valence-electron chi connectivity index (χ3n) is 9.26. The summed E-state index contributed by atoms with van der Waals surface area (Å²) in [4.78, 5) is 11.5. The van der Waals surface area contributed by atoms with Gasteiger partial charge >= 0.3 is 0 Å². The van der Waals surface area contributed by atoms with E-state index in [1.165, 1.54) is 29.9 Å². The zero-order valence-corrected chi connectivity index (χ0v) is 28.8. The molecule has 3 aliphatic heterocycles. The van der Waals surface area contributed by atoms with Crippen LogP contribution in [0.5, 0.6) is 5.75 Å². The van der Waals surface area contributed by atoms with Crippen LogP contribution in [-0.2, 0) is 21.8 Å². The van der Waals surface area contributed by atoms with Crippen molar-refractivity contribution < 1.29 is 14.2 Å². The Morgan fingerprint density at radius 3 is 2.25 bits per heavy atom. The lowest BCUT2D eigenvalue weighted by Crippen LogP contribution is -2.46. The van der Waals surface area contributed by atoms with Gasteiger partial charge in [0.15, 0.2) is 0 Å². The van der Waals surface area contributed by atoms with Gasteiger partial charge in [-0.25, -0.2) is 15.4 Å². The third-order valence-corrected chi connectivity index (χ3v) is 9.80. The van der Waals surface area contributed by atoms with Gasteiger partial charge in [0, 0.05) is 72.8 Å². The SMILES string of the molecule is CCCCN1CN(c2ccc(N3CCN(c4ccc(OCC5COC(Cn6ccnc6)(c6ccc(Cl)cc6Cl)O5)cc4)CC3)cc2)CN1. The molecule has 2 unspecified atom stereocenters. The van der Waals surface area contributed by atoms with Crippen molar-refractivity contribution in [3.63, 3.8) is 0 Å². The van der Waals surface area contributed by atoms with E-state index in [0.29, 0.717) is 29.8 Å². The summed E-state index contributed by atoms with van der Waals surface area (Å²) < 4.78 is 20.9. The molecule has 0 saturated carbocycles. The number of piperazine rings is 1. The van der Waals surface area contributed by atoms with E-state index in [9.17, 15) is 0 Å². The van der Waals surface area contributed by atoms with Crippen molar-refractivity contribution >= 4 is 40.3 Å². The molecule has 0 aliphatic carbocycles. The number of anilines is 3. The number of nitrogens with one attached hydrogen (secondary N) is 1. The van der Waals surface area contributed by atoms with E-state index in [1.807, 2.05) is 29.0 Å². The maximum atomic E-state index is 6.61. The van der Waals surface area contributed by atoms with Crippen LogP contribution in [0.4, 0.5) is 17.1 Å². The van der Waals surface area contributed by atoms with Crippen LogP contribution in [0, 0.1) is 0 Å². The molecule has 0 bridgehead atoms. The molecule has 0 radical (unpaired) electrons. The molecule has 3 aliphatic rings. The Labute approximate surface area is 292 Å². The summed E-state index contributed by atoms with van der Waals surface area (Å²) in [7, 11) is 0. The van der Waals surface area contributed by atoms with E-state index in [1.54, 1.807) is 24.7 Å². The Hall–Kier alpha value is -3.51. The molecule has 4 heterocycles. The first-order chi connectivity index (χ1) is 23.5. The molecule has 3 saturated heterocycles. The van der Waals surface area contributed by atoms with Gasteiger partial charge in [-0.15, -0.1) is 0 Å². The number of imidazole rings is 1. The van der Waals surface area contributed by atoms with Crippen LogP contribution >= 0.6 is 23.2 Å². The smallest absolute Gasteiger partial charge is 0.215 e. The molecular formula is C36H43Cl2N7O3. The van der Waals surface area contributed by atoms with Crippen molar-refractivity contribution in [2.45, 2.75) is 38.2 Å². The first-order valence-electron chi connectivity index (χ1n) is 16.8. The predicted octanol–water partition coefficient (Wildman–Crippen LogP) is 6.21. The van der Waals surface area contributed by atoms with Gasteiger partial charge in [-0.05, 0) is 67.1 Å². The van der Waals surface area contributed by atoms with Crippen LogP contribution in [0.15, 0.2) is 85.5 Å². The van der Waals surface area contributed by atoms with E-state index in [0.717, 1.165) is 57.4 Å². The Balaban J connectivity index is 0.898. The van der Waals surface area contributed by atoms with E-state index in [-0.39, 0.29) is 6.10 Å². The summed E-state index contributed by atoms with van der Waals surface area (Å²) in [5.41, 5.74) is 7.96. The molecule has 7 rings (SSSR count). The van der Waals surface area contributed by atoms with Crippen molar-refractivity contribution in [1.82, 2.24) is 20.0 Å². The summed E-state index contributed by atoms with van der Waals surface area (Å²) in [6.07, 6.45) is 7.47. The van der Waals surface area contributed by atoms with Crippen LogP contribution in [0.25, 0.3) is 0 Å². The average molecular weight is 693 g/mol. The molecule has 254 valence electrons. The molecule has 1 aromatic heterocycles. The Morgan fingerprint density at radius 1 is 0.917 bits per heavy atom. The van der Waals surface area contributed by atoms with Gasteiger partial charge in [-0.3, -0.25) is 0 Å². The fourth-order valence-electron chi connectivity index (χ4n) is 6.58. The van der Waals surface area contributed by atoms with Crippen LogP contribution in [0.3, 0.4) is 0 Å². The third kappa shape index (κ3) is 7.54. The van der Waals surface area contributed by atoms with Gasteiger partial charge in [-0.2, -0.15) is 0 Å². The lowest BCUT2D eigenvalue weighted by molar-refractivity contribution is -0.189. The highest BCUT2D eigenvalue weighted by molar-refractivity contribution is 6.35. The minimum absolute atomic E-state index is 0.283. The molecule has 0 amide bonds. The highest BCUT2D eigenvalue weighted by Crippen LogP contribution is 2.40. The quantitative estimate of drug-likeness (QED) is 0.187. The van der Waals surface area contributed by atoms with Gasteiger partial charge in [0.05, 0.1) is 37.8 Å². The van der Waals surface area contributed by atoms with E-state index >= 15 is 0 Å². The maximum Gasteiger partial charge on any atom is 0.215 e. The standard InChI is InChI=1S/C36H43Cl2N7O3/c1-2-3-15-45-27-44(26-40-45)31-7-5-29(6-8-31)42-17-19-43(20-18-42)30-9-11-32(12-10-30)46-22-33-23-47-36(48-33,24-41-16-14-39-25-41)34-13-4-28(37)21-35(34)38/h4-14,16,21,25,33,40H,2-3,15,17-20,22-24,26-27H2,1H3. The lowest BCUT2D eigenvalue weighted by atomic mass is 10.1. The summed E-state index contributed by atoms with van der Waals surface area (Å²) in [5.74, 6) is -0.287. The number of hydrazine groups is 1. The highest BCUT2D eigenvalue weighted by Gasteiger charge is 2.45. The Morgan fingerprint density at radius 2 is 1.60 bits per heavy atom. The number of hydrogen-bond acceptors (Lipinski definition) is 9. The van der Waals surface area contributed by atoms with Crippen molar-refractivity contribution in [3.8, 4) is 5.75 Å². The molecule has 3 aromatic carbocycles.